The van der Waals surface area contributed by atoms with Crippen molar-refractivity contribution in [2.45, 2.75) is 12.5 Å². The van der Waals surface area contributed by atoms with E-state index in [2.05, 4.69) is 20.9 Å². The fourth-order valence-corrected chi connectivity index (χ4v) is 4.74. The van der Waals surface area contributed by atoms with Gasteiger partial charge in [0.15, 0.2) is 10.8 Å². The van der Waals surface area contributed by atoms with Crippen LogP contribution in [0.2, 0.25) is 0 Å². The zero-order valence-corrected chi connectivity index (χ0v) is 17.2. The number of carbonyl (C=O) groups is 2. The van der Waals surface area contributed by atoms with Crippen molar-refractivity contribution in [2.75, 3.05) is 13.7 Å². The third kappa shape index (κ3) is 3.18. The van der Waals surface area contributed by atoms with Gasteiger partial charge in [-0.1, -0.05) is 22.0 Å². The molecule has 0 aliphatic carbocycles. The maximum atomic E-state index is 13.6. The molecule has 0 saturated carbocycles. The van der Waals surface area contributed by atoms with Crippen LogP contribution in [0.3, 0.4) is 0 Å². The molecule has 2 aromatic rings. The molecule has 1 aromatic carbocycles. The Labute approximate surface area is 172 Å². The summed E-state index contributed by atoms with van der Waals surface area (Å²) in [7, 11) is 1.31. The van der Waals surface area contributed by atoms with Crippen LogP contribution >= 0.6 is 27.3 Å². The van der Waals surface area contributed by atoms with Gasteiger partial charge >= 0.3 is 5.97 Å². The van der Waals surface area contributed by atoms with Gasteiger partial charge in [-0.15, -0.1) is 11.3 Å². The molecule has 28 heavy (non-hydrogen) atoms. The van der Waals surface area contributed by atoms with Crippen molar-refractivity contribution >= 4 is 45.4 Å². The van der Waals surface area contributed by atoms with Crippen molar-refractivity contribution in [2.24, 2.45) is 10.9 Å². The van der Waals surface area contributed by atoms with Gasteiger partial charge in [0.25, 0.3) is 0 Å². The van der Waals surface area contributed by atoms with E-state index < -0.39 is 17.8 Å². The molecule has 2 aliphatic rings. The summed E-state index contributed by atoms with van der Waals surface area (Å²) in [6.45, 7) is 0.426. The molecule has 1 fully saturated rings. The van der Waals surface area contributed by atoms with Crippen LogP contribution in [0.25, 0.3) is 0 Å². The summed E-state index contributed by atoms with van der Waals surface area (Å²) >= 11 is 4.81. The second-order valence-electron chi connectivity index (χ2n) is 6.42. The summed E-state index contributed by atoms with van der Waals surface area (Å²) in [5.74, 6) is -0.570. The number of aliphatic imine (C=N–C) groups is 1. The lowest BCUT2D eigenvalue weighted by molar-refractivity contribution is -0.136. The summed E-state index contributed by atoms with van der Waals surface area (Å²) in [5.41, 5.74) is 1.70. The minimum absolute atomic E-state index is 0.254. The van der Waals surface area contributed by atoms with Crippen molar-refractivity contribution in [3.63, 3.8) is 0 Å². The van der Waals surface area contributed by atoms with Crippen molar-refractivity contribution in [1.82, 2.24) is 9.88 Å². The van der Waals surface area contributed by atoms with E-state index in [0.717, 1.165) is 6.29 Å². The number of aromatic nitrogens is 1. The second-order valence-corrected chi connectivity index (χ2v) is 8.17. The van der Waals surface area contributed by atoms with Gasteiger partial charge < -0.3 is 14.4 Å². The summed E-state index contributed by atoms with van der Waals surface area (Å²) in [5, 5.41) is 2.53. The highest BCUT2D eigenvalue weighted by Gasteiger charge is 2.42. The molecular weight excluding hydrogens is 449 g/mol. The van der Waals surface area contributed by atoms with Crippen molar-refractivity contribution in [3.05, 3.63) is 61.9 Å². The standard InChI is InChI=1S/C19H15BrFN3O3S/c1-27-19(26)15-14-6-10(9-25)8-24(14)17(18-22-4-5-28-18)23-16(15)12-3-2-11(21)7-13(12)20/h2-5,7,9-10,16H,6,8H2,1H3/t10-,16?/m1/s1. The molecule has 2 aliphatic heterocycles. The van der Waals surface area contributed by atoms with Gasteiger partial charge in [0.05, 0.1) is 12.7 Å². The fourth-order valence-electron chi connectivity index (χ4n) is 3.54. The van der Waals surface area contributed by atoms with Gasteiger partial charge in [-0.2, -0.15) is 0 Å². The Balaban J connectivity index is 1.93. The number of nitrogens with zero attached hydrogens (tertiary/aromatic N) is 3. The summed E-state index contributed by atoms with van der Waals surface area (Å²) in [4.78, 5) is 35.2. The molecule has 2 atom stereocenters. The maximum absolute atomic E-state index is 13.6. The Hall–Kier alpha value is -2.39. The lowest BCUT2D eigenvalue weighted by atomic mass is 9.94. The Bertz CT molecular complexity index is 1010. The largest absolute Gasteiger partial charge is 0.466 e. The number of amidine groups is 1. The quantitative estimate of drug-likeness (QED) is 0.512. The van der Waals surface area contributed by atoms with E-state index in [0.29, 0.717) is 45.1 Å². The number of fused-ring (bicyclic) bond motifs is 1. The van der Waals surface area contributed by atoms with Gasteiger partial charge in [-0.25, -0.2) is 14.2 Å². The summed E-state index contributed by atoms with van der Waals surface area (Å²) < 4.78 is 19.1. The van der Waals surface area contributed by atoms with Gasteiger partial charge in [0.2, 0.25) is 0 Å². The monoisotopic (exact) mass is 463 g/mol. The average Bonchev–Trinajstić information content (AvgIpc) is 3.36. The van der Waals surface area contributed by atoms with E-state index in [-0.39, 0.29) is 5.92 Å². The Morgan fingerprint density at radius 3 is 2.93 bits per heavy atom. The molecule has 144 valence electrons. The Morgan fingerprint density at radius 2 is 2.29 bits per heavy atom. The number of hydrogen-bond donors (Lipinski definition) is 0. The number of carbonyl (C=O) groups excluding carboxylic acids is 2. The highest BCUT2D eigenvalue weighted by atomic mass is 79.9. The zero-order valence-electron chi connectivity index (χ0n) is 14.8. The number of ether oxygens (including phenoxy) is 1. The molecule has 1 saturated heterocycles. The van der Waals surface area contributed by atoms with Crippen LogP contribution in [-0.2, 0) is 14.3 Å². The van der Waals surface area contributed by atoms with E-state index in [1.165, 1.54) is 30.6 Å². The molecule has 0 radical (unpaired) electrons. The van der Waals surface area contributed by atoms with Gasteiger partial charge in [0.1, 0.15) is 18.1 Å². The van der Waals surface area contributed by atoms with Crippen molar-refractivity contribution < 1.29 is 18.7 Å². The molecule has 0 N–H and O–H groups in total. The molecular formula is C19H15BrFN3O3S. The topological polar surface area (TPSA) is 71.9 Å². The lowest BCUT2D eigenvalue weighted by Crippen LogP contribution is -2.35. The van der Waals surface area contributed by atoms with Crippen LogP contribution in [0.1, 0.15) is 23.0 Å². The van der Waals surface area contributed by atoms with Crippen molar-refractivity contribution in [3.8, 4) is 0 Å². The highest BCUT2D eigenvalue weighted by molar-refractivity contribution is 9.10. The van der Waals surface area contributed by atoms with E-state index in [4.69, 9.17) is 9.73 Å². The number of allylic oxidation sites excluding steroid dienone is 1. The normalized spacial score (nSPS) is 21.4. The van der Waals surface area contributed by atoms with Crippen LogP contribution in [0, 0.1) is 11.7 Å². The smallest absolute Gasteiger partial charge is 0.338 e. The molecule has 4 rings (SSSR count). The number of methoxy groups -OCH3 is 1. The first-order valence-corrected chi connectivity index (χ1v) is 10.2. The first-order chi connectivity index (χ1) is 13.5. The molecule has 0 spiro atoms. The number of rotatable bonds is 4. The predicted octanol–water partition coefficient (Wildman–Crippen LogP) is 3.49. The van der Waals surface area contributed by atoms with Crippen LogP contribution < -0.4 is 0 Å². The van der Waals surface area contributed by atoms with Crippen LogP contribution in [0.4, 0.5) is 4.39 Å². The van der Waals surface area contributed by atoms with Crippen LogP contribution in [0.5, 0.6) is 0 Å². The van der Waals surface area contributed by atoms with Crippen molar-refractivity contribution in [1.29, 1.82) is 0 Å². The van der Waals surface area contributed by atoms with E-state index in [9.17, 15) is 14.0 Å². The molecule has 3 heterocycles. The summed E-state index contributed by atoms with van der Waals surface area (Å²) in [6, 6.07) is 3.56. The van der Waals surface area contributed by atoms with Crippen LogP contribution in [-0.4, -0.2) is 41.6 Å². The molecule has 9 heteroatoms. The predicted molar refractivity (Wildman–Crippen MR) is 105 cm³/mol. The zero-order chi connectivity index (χ0) is 19.8. The number of thiazole rings is 1. The van der Waals surface area contributed by atoms with Crippen LogP contribution in [0.15, 0.2) is 50.5 Å². The van der Waals surface area contributed by atoms with Gasteiger partial charge in [-0.05, 0) is 24.1 Å². The number of halogens is 2. The molecule has 0 amide bonds. The van der Waals surface area contributed by atoms with Gasteiger partial charge in [-0.3, -0.25) is 4.99 Å². The first kappa shape index (κ1) is 18.9. The maximum Gasteiger partial charge on any atom is 0.338 e. The Kier molecular flexibility index (Phi) is 5.11. The number of benzene rings is 1. The second kappa shape index (κ2) is 7.56. The molecule has 1 aromatic heterocycles. The average molecular weight is 464 g/mol. The number of hydrogen-bond acceptors (Lipinski definition) is 7. The molecule has 6 nitrogen and oxygen atoms in total. The third-order valence-corrected chi connectivity index (χ3v) is 6.22. The minimum atomic E-state index is -0.696. The lowest BCUT2D eigenvalue weighted by Gasteiger charge is -2.31. The minimum Gasteiger partial charge on any atom is -0.466 e. The molecule has 1 unspecified atom stereocenters. The highest BCUT2D eigenvalue weighted by Crippen LogP contribution is 2.43. The number of esters is 1. The van der Waals surface area contributed by atoms with E-state index in [1.54, 1.807) is 12.3 Å². The van der Waals surface area contributed by atoms with E-state index in [1.807, 2.05) is 10.3 Å². The van der Waals surface area contributed by atoms with Gasteiger partial charge in [0, 0.05) is 34.2 Å². The first-order valence-electron chi connectivity index (χ1n) is 8.50. The number of aldehydes is 1. The van der Waals surface area contributed by atoms with E-state index >= 15 is 0 Å². The SMILES string of the molecule is COC(=O)C1=C2C[C@@H](C=O)CN2C(c2nccs2)=NC1c1ccc(F)cc1Br. The Morgan fingerprint density at radius 1 is 1.46 bits per heavy atom. The summed E-state index contributed by atoms with van der Waals surface area (Å²) in [6.07, 6.45) is 2.98. The fraction of sp³-hybridized carbons (Fsp3) is 0.263. The molecule has 0 bridgehead atoms. The third-order valence-electron chi connectivity index (χ3n) is 4.77.